The number of hydrogen-bond acceptors (Lipinski definition) is 0. The van der Waals surface area contributed by atoms with Gasteiger partial charge in [-0.25, -0.2) is 0 Å². The largest absolute Gasteiger partial charge is 0.0856 e. The summed E-state index contributed by atoms with van der Waals surface area (Å²) in [6, 6.07) is 0. The van der Waals surface area contributed by atoms with E-state index in [1.54, 1.807) is 38.5 Å². The van der Waals surface area contributed by atoms with Gasteiger partial charge in [0.15, 0.2) is 0 Å². The van der Waals surface area contributed by atoms with Crippen molar-refractivity contribution >= 4 is 15.7 Å². The van der Waals surface area contributed by atoms with Gasteiger partial charge in [-0.3, -0.25) is 0 Å². The molecule has 30 aliphatic carbocycles. The van der Waals surface area contributed by atoms with Gasteiger partial charge in [-0.2, -0.15) is 0 Å². The minimum Gasteiger partial charge on any atom is -0.0856 e. The molecule has 0 aromatic heterocycles. The second-order valence-electron chi connectivity index (χ2n) is 29.9. The van der Waals surface area contributed by atoms with Gasteiger partial charge in [0.25, 0.3) is 0 Å². The van der Waals surface area contributed by atoms with E-state index < -0.39 is 0 Å². The molecule has 41 atom stereocenters. The molecular formula is C49H40B2. The Morgan fingerprint density at radius 3 is 1.43 bits per heavy atom. The van der Waals surface area contributed by atoms with Gasteiger partial charge in [0.1, 0.15) is 0 Å². The summed E-state index contributed by atoms with van der Waals surface area (Å²) >= 11 is 0. The van der Waals surface area contributed by atoms with Crippen molar-refractivity contribution in [3.63, 3.8) is 0 Å². The summed E-state index contributed by atoms with van der Waals surface area (Å²) < 4.78 is 0. The Bertz CT molecular complexity index is 2750. The smallest absolute Gasteiger partial charge is 0.0657 e. The summed E-state index contributed by atoms with van der Waals surface area (Å²) in [5, 5.41) is 0. The second kappa shape index (κ2) is 3.65. The molecule has 0 aliphatic heterocycles. The highest BCUT2D eigenvalue weighted by molar-refractivity contribution is 6.09. The topological polar surface area (TPSA) is 0 Å². The van der Waals surface area contributed by atoms with Crippen LogP contribution < -0.4 is 0 Å². The Balaban J connectivity index is 0.811. The Labute approximate surface area is 299 Å². The van der Waals surface area contributed by atoms with Crippen molar-refractivity contribution in [2.45, 2.75) is 51.2 Å². The van der Waals surface area contributed by atoms with Crippen LogP contribution in [0.5, 0.6) is 0 Å². The summed E-state index contributed by atoms with van der Waals surface area (Å²) in [5.41, 5.74) is 16.6. The minimum absolute atomic E-state index is 0.771. The van der Waals surface area contributed by atoms with Gasteiger partial charge in [0, 0.05) is 0 Å². The predicted octanol–water partition coefficient (Wildman–Crippen LogP) is 5.45. The molecule has 0 N–H and O–H groups in total. The highest BCUT2D eigenvalue weighted by Crippen LogP contribution is 3.56. The van der Waals surface area contributed by atoms with Crippen molar-refractivity contribution in [1.82, 2.24) is 0 Å². The van der Waals surface area contributed by atoms with Crippen LogP contribution in [-0.2, 0) is 0 Å². The molecule has 2 heteroatoms. The monoisotopic (exact) mass is 650 g/mol. The molecule has 0 aromatic rings. The Kier molecular flexibility index (Phi) is 1.47. The second-order valence-corrected chi connectivity index (χ2v) is 29.9. The molecule has 4 radical (unpaired) electrons. The molecular weight excluding hydrogens is 610 g/mol. The van der Waals surface area contributed by atoms with Gasteiger partial charge in [0.05, 0.1) is 15.7 Å². The normalized spacial score (nSPS) is 118. The van der Waals surface area contributed by atoms with Crippen LogP contribution in [0.4, 0.5) is 0 Å². The zero-order chi connectivity index (χ0) is 30.0. The quantitative estimate of drug-likeness (QED) is 0.349. The lowest BCUT2D eigenvalue weighted by atomic mass is 8.48. The van der Waals surface area contributed by atoms with E-state index in [0.29, 0.717) is 0 Å². The lowest BCUT2D eigenvalue weighted by Crippen LogP contribution is -3.53. The summed E-state index contributed by atoms with van der Waals surface area (Å²) in [4.78, 5) is 0. The molecule has 30 rings (SSSR count). The van der Waals surface area contributed by atoms with Crippen LogP contribution in [0, 0.1) is 234 Å². The molecule has 0 saturated heterocycles. The molecule has 242 valence electrons. The Morgan fingerprint density at radius 2 is 0.863 bits per heavy atom. The Hall–Kier alpha value is 0.130. The zero-order valence-electron chi connectivity index (χ0n) is 29.2. The van der Waals surface area contributed by atoms with Crippen molar-refractivity contribution in [2.24, 2.45) is 234 Å². The van der Waals surface area contributed by atoms with Crippen molar-refractivity contribution in [1.29, 1.82) is 0 Å². The third kappa shape index (κ3) is 0.608. The van der Waals surface area contributed by atoms with Crippen LogP contribution in [-0.4, -0.2) is 15.7 Å². The molecule has 30 saturated carbocycles. The molecule has 0 amide bonds. The van der Waals surface area contributed by atoms with Crippen molar-refractivity contribution in [3.05, 3.63) is 0 Å². The Morgan fingerprint density at radius 1 is 0.373 bits per heavy atom. The fourth-order valence-electron chi connectivity index (χ4n) is 46.0. The van der Waals surface area contributed by atoms with Gasteiger partial charge >= 0.3 is 0 Å². The van der Waals surface area contributed by atoms with Crippen molar-refractivity contribution in [2.75, 3.05) is 0 Å². The van der Waals surface area contributed by atoms with Crippen LogP contribution in [0.1, 0.15) is 38.5 Å². The highest BCUT2D eigenvalue weighted by Gasteiger charge is 3.55. The molecule has 17 spiro atoms. The standard InChI is InChI=1S/C49H40B2/c50-7-10-1-9-2-11-3-15-19-23-27-31-29-25-21-17-5-13-14-4-16-20-24-28-30-26-22-18(10)37-32(9)33(11,15)6-12(8-51)34(19,37)40(23)41(22,37)45(26)44(27,40)48(31)46(29)42(25)38(21)35(13,17)36(14,16)39(20,38)43(24,42)47(28,46)49(30,45)48/h9-32H,1-8H2. The molecule has 2 bridgehead atoms. The maximum atomic E-state index is 7.35. The molecule has 51 heavy (non-hydrogen) atoms. The number of fused-ring (bicyclic) bond motifs is 15. The van der Waals surface area contributed by atoms with Gasteiger partial charge < -0.3 is 0 Å². The van der Waals surface area contributed by atoms with E-state index in [4.69, 9.17) is 15.7 Å². The number of rotatable bonds is 2. The SMILES string of the molecule is [B]CC1CC2CC3CC4C5C6C7C8C9C%10C%11C%12CC%13C%14CC%15C%16C%17C%18C%19C%20C%21C1C1%22C2C34CC(C[B])C51C61C%21%22C%202C71C81C93C%104C%115C%13%12C%14%15C%165C%174C%183C%1921. The van der Waals surface area contributed by atoms with Crippen LogP contribution in [0.25, 0.3) is 0 Å². The lowest BCUT2D eigenvalue weighted by molar-refractivity contribution is -1.10. The first kappa shape index (κ1) is 20.5. The summed E-state index contributed by atoms with van der Waals surface area (Å²) in [5.74, 6) is 29.8. The first-order valence-electron chi connectivity index (χ1n) is 24.6. The summed E-state index contributed by atoms with van der Waals surface area (Å²) in [6.45, 7) is 0. The number of hydrogen-bond donors (Lipinski definition) is 0. The van der Waals surface area contributed by atoms with Crippen LogP contribution in [0.2, 0.25) is 12.6 Å². The fourth-order valence-corrected chi connectivity index (χ4v) is 46.0. The maximum Gasteiger partial charge on any atom is 0.0657 e. The van der Waals surface area contributed by atoms with Gasteiger partial charge in [-0.15, -0.1) is 0 Å². The average molecular weight is 650 g/mol. The minimum atomic E-state index is 0.771. The predicted molar refractivity (Wildman–Crippen MR) is 174 cm³/mol. The zero-order valence-corrected chi connectivity index (χ0v) is 29.2. The van der Waals surface area contributed by atoms with Crippen LogP contribution in [0.3, 0.4) is 0 Å². The van der Waals surface area contributed by atoms with Crippen LogP contribution in [0.15, 0.2) is 0 Å². The van der Waals surface area contributed by atoms with E-state index in [1.807, 2.05) is 0 Å². The fraction of sp³-hybridized carbons (Fsp3) is 1.00. The van der Waals surface area contributed by atoms with E-state index in [-0.39, 0.29) is 0 Å². The van der Waals surface area contributed by atoms with E-state index in [2.05, 4.69) is 0 Å². The van der Waals surface area contributed by atoms with Gasteiger partial charge in [-0.05, 0) is 273 Å². The summed E-state index contributed by atoms with van der Waals surface area (Å²) in [7, 11) is 14.5. The third-order valence-corrected chi connectivity index (χ3v) is 37.8. The first-order valence-corrected chi connectivity index (χ1v) is 24.6. The molecule has 30 aliphatic rings. The van der Waals surface area contributed by atoms with E-state index in [9.17, 15) is 0 Å². The molecule has 0 heterocycles. The summed E-state index contributed by atoms with van der Waals surface area (Å²) in [6.07, 6.45) is 12.4. The molecule has 0 nitrogen and oxygen atoms in total. The maximum absolute atomic E-state index is 7.35. The van der Waals surface area contributed by atoms with E-state index in [0.717, 1.165) is 134 Å². The highest BCUT2D eigenvalue weighted by atomic mass is 15.6. The van der Waals surface area contributed by atoms with Crippen LogP contribution >= 0.6 is 0 Å². The molecule has 41 unspecified atom stereocenters. The first-order chi connectivity index (χ1) is 25.2. The van der Waals surface area contributed by atoms with Crippen molar-refractivity contribution in [3.8, 4) is 0 Å². The average Bonchev–Trinajstić information content (AvgIpc) is 3.28. The van der Waals surface area contributed by atoms with Crippen molar-refractivity contribution < 1.29 is 0 Å². The molecule has 30 fully saturated rings. The molecule has 0 aromatic carbocycles. The van der Waals surface area contributed by atoms with E-state index >= 15 is 0 Å². The third-order valence-electron chi connectivity index (χ3n) is 37.8. The van der Waals surface area contributed by atoms with Gasteiger partial charge in [-0.1, -0.05) is 12.6 Å². The van der Waals surface area contributed by atoms with E-state index in [1.165, 1.54) is 112 Å². The van der Waals surface area contributed by atoms with Gasteiger partial charge in [0.2, 0.25) is 0 Å². The lowest BCUT2D eigenvalue weighted by Gasteiger charge is -3.54.